The highest BCUT2D eigenvalue weighted by atomic mass is 16.2. The largest absolute Gasteiger partial charge is 0.352 e. The van der Waals surface area contributed by atoms with Crippen molar-refractivity contribution in [2.75, 3.05) is 6.54 Å². The van der Waals surface area contributed by atoms with Crippen molar-refractivity contribution in [1.82, 2.24) is 67.8 Å². The molecule has 23 heteroatoms. The molecule has 3 rings (SSSR count). The highest BCUT2D eigenvalue weighted by Crippen LogP contribution is 2.14. The van der Waals surface area contributed by atoms with Gasteiger partial charge in [0.25, 0.3) is 0 Å². The summed E-state index contributed by atoms with van der Waals surface area (Å²) in [5, 5.41) is 25.1. The zero-order chi connectivity index (χ0) is 58.9. The standard InChI is InChI=1S/C56H90N14O9/c1-31(2)18-36(11)62-50(73)42(20-33(5)6)66-56(79)47(25-40-28-59-30-61-40)70-54(77)44(22-35(9)10)67-53(76)43(21-34(7)8)65-49(72)37(12)63-51(74)46(24-39-27-58-29-60-39)69-55(78)45(23-38-16-14-13-15-17-38)68-52(75)41(19-32(3)4)64-48(71)26-57/h13-17,27-37,41-47H,18-26,57H2,1-12H3,(H,58,60)(H,59,61)(H,62,73)(H,63,74)(H,64,71)(H,65,72)(H,66,79)(H,67,76)(H,68,75)(H,69,78)(H,70,77)/t36-,37+,41+,42+,43+,44+,45+,46+,47+/m1/s1. The molecule has 9 amide bonds. The zero-order valence-electron chi connectivity index (χ0n) is 48.3. The van der Waals surface area contributed by atoms with Crippen molar-refractivity contribution in [1.29, 1.82) is 0 Å². The minimum Gasteiger partial charge on any atom is -0.352 e. The number of aromatic nitrogens is 4. The van der Waals surface area contributed by atoms with E-state index in [2.05, 4.69) is 81.6 Å². The van der Waals surface area contributed by atoms with Gasteiger partial charge < -0.3 is 63.6 Å². The van der Waals surface area contributed by atoms with Gasteiger partial charge in [0, 0.05) is 49.1 Å². The molecule has 0 radical (unpaired) electrons. The summed E-state index contributed by atoms with van der Waals surface area (Å²) in [6.45, 7) is 22.2. The molecular weight excluding hydrogens is 1010 g/mol. The zero-order valence-corrected chi connectivity index (χ0v) is 48.3. The monoisotopic (exact) mass is 1100 g/mol. The molecule has 0 saturated heterocycles. The van der Waals surface area contributed by atoms with Crippen molar-refractivity contribution in [3.05, 3.63) is 72.3 Å². The molecule has 2 heterocycles. The fourth-order valence-electron chi connectivity index (χ4n) is 8.92. The normalized spacial score (nSPS) is 14.9. The van der Waals surface area contributed by atoms with E-state index in [-0.39, 0.29) is 80.7 Å². The first-order valence-corrected chi connectivity index (χ1v) is 27.7. The van der Waals surface area contributed by atoms with Crippen LogP contribution >= 0.6 is 0 Å². The first-order chi connectivity index (χ1) is 37.2. The summed E-state index contributed by atoms with van der Waals surface area (Å²) in [4.78, 5) is 139. The number of imidazole rings is 2. The Balaban J connectivity index is 1.85. The average Bonchev–Trinajstić information content (AvgIpc) is 4.10. The van der Waals surface area contributed by atoms with Crippen LogP contribution in [0.1, 0.15) is 132 Å². The topological polar surface area (TPSA) is 345 Å². The number of amides is 9. The number of carbonyl (C=O) groups excluding carboxylic acids is 9. The fourth-order valence-corrected chi connectivity index (χ4v) is 8.92. The van der Waals surface area contributed by atoms with Crippen LogP contribution in [0.15, 0.2) is 55.4 Å². The van der Waals surface area contributed by atoms with Crippen molar-refractivity contribution >= 4 is 53.2 Å². The summed E-state index contributed by atoms with van der Waals surface area (Å²) in [7, 11) is 0. The number of nitrogens with one attached hydrogen (secondary N) is 11. The Hall–Kier alpha value is -7.17. The molecule has 2 aromatic heterocycles. The second-order valence-electron chi connectivity index (χ2n) is 22.7. The molecule has 23 nitrogen and oxygen atoms in total. The van der Waals surface area contributed by atoms with E-state index in [1.165, 1.54) is 32.0 Å². The average molecular weight is 1100 g/mol. The lowest BCUT2D eigenvalue weighted by molar-refractivity contribution is -0.136. The summed E-state index contributed by atoms with van der Waals surface area (Å²) in [6, 6.07) is -0.506. The number of nitrogens with two attached hydrogens (primary N) is 1. The number of aromatic amines is 2. The fraction of sp³-hybridized carbons (Fsp3) is 0.625. The third-order valence-electron chi connectivity index (χ3n) is 12.7. The summed E-state index contributed by atoms with van der Waals surface area (Å²) in [6.07, 6.45) is 7.36. The van der Waals surface area contributed by atoms with Gasteiger partial charge >= 0.3 is 0 Å². The molecule has 438 valence electrons. The molecule has 1 aromatic carbocycles. The van der Waals surface area contributed by atoms with Crippen molar-refractivity contribution < 1.29 is 43.2 Å². The smallest absolute Gasteiger partial charge is 0.243 e. The van der Waals surface area contributed by atoms with Crippen LogP contribution in [0.2, 0.25) is 0 Å². The molecule has 0 aliphatic carbocycles. The van der Waals surface area contributed by atoms with E-state index in [0.29, 0.717) is 29.3 Å². The molecule has 3 aromatic rings. The first kappa shape index (κ1) is 66.1. The van der Waals surface area contributed by atoms with Gasteiger partial charge in [0.05, 0.1) is 19.2 Å². The number of carbonyl (C=O) groups is 9. The molecule has 13 N–H and O–H groups in total. The SMILES string of the molecule is CC(C)C[C@@H](C)NC(=O)[C@H](CC(C)C)NC(=O)[C@H](Cc1cnc[nH]1)NC(=O)[C@H](CC(C)C)NC(=O)[C@H](CC(C)C)NC(=O)[C@H](C)NC(=O)[C@H](Cc1cnc[nH]1)NC(=O)[C@H](Cc1ccccc1)NC(=O)[C@H](CC(C)C)NC(=O)CN. The lowest BCUT2D eigenvalue weighted by Gasteiger charge is -2.29. The van der Waals surface area contributed by atoms with Crippen LogP contribution in [0, 0.1) is 29.6 Å². The maximum atomic E-state index is 14.3. The van der Waals surface area contributed by atoms with E-state index in [1.807, 2.05) is 62.3 Å². The van der Waals surface area contributed by atoms with Gasteiger partial charge in [0.15, 0.2) is 0 Å². The van der Waals surface area contributed by atoms with Crippen molar-refractivity contribution in [2.24, 2.45) is 35.3 Å². The van der Waals surface area contributed by atoms with Crippen LogP contribution in [0.4, 0.5) is 0 Å². The Morgan fingerprint density at radius 3 is 1.10 bits per heavy atom. The van der Waals surface area contributed by atoms with Gasteiger partial charge in [0.2, 0.25) is 53.2 Å². The van der Waals surface area contributed by atoms with Crippen molar-refractivity contribution in [2.45, 2.75) is 189 Å². The number of hydrogen-bond donors (Lipinski definition) is 12. The van der Waals surface area contributed by atoms with E-state index in [0.717, 1.165) is 6.42 Å². The molecule has 0 aliphatic heterocycles. The van der Waals surface area contributed by atoms with Gasteiger partial charge in [-0.1, -0.05) is 99.6 Å². The Bertz CT molecular complexity index is 2400. The predicted octanol–water partition coefficient (Wildman–Crippen LogP) is 1.75. The molecular formula is C56H90N14O9. The second-order valence-corrected chi connectivity index (χ2v) is 22.7. The van der Waals surface area contributed by atoms with E-state index < -0.39 is 95.6 Å². The van der Waals surface area contributed by atoms with E-state index in [1.54, 1.807) is 30.3 Å². The van der Waals surface area contributed by atoms with Gasteiger partial charge in [-0.05, 0) is 81.1 Å². The Morgan fingerprint density at radius 2 is 0.734 bits per heavy atom. The predicted molar refractivity (Wildman–Crippen MR) is 300 cm³/mol. The van der Waals surface area contributed by atoms with Crippen LogP contribution in [-0.4, -0.2) is 134 Å². The number of rotatable bonds is 34. The highest BCUT2D eigenvalue weighted by Gasteiger charge is 2.35. The van der Waals surface area contributed by atoms with Gasteiger partial charge in [-0.3, -0.25) is 43.2 Å². The summed E-state index contributed by atoms with van der Waals surface area (Å²) in [5.41, 5.74) is 7.24. The van der Waals surface area contributed by atoms with Crippen molar-refractivity contribution in [3.63, 3.8) is 0 Å². The number of H-pyrrole nitrogens is 2. The number of hydrogen-bond acceptors (Lipinski definition) is 12. The van der Waals surface area contributed by atoms with Crippen LogP contribution in [0.5, 0.6) is 0 Å². The summed E-state index contributed by atoms with van der Waals surface area (Å²) < 4.78 is 0. The molecule has 9 atom stereocenters. The van der Waals surface area contributed by atoms with Gasteiger partial charge in [-0.2, -0.15) is 0 Å². The highest BCUT2D eigenvalue weighted by molar-refractivity contribution is 5.98. The molecule has 0 unspecified atom stereocenters. The van der Waals surface area contributed by atoms with Gasteiger partial charge in [0.1, 0.15) is 48.3 Å². The van der Waals surface area contributed by atoms with Crippen LogP contribution < -0.4 is 53.6 Å². The van der Waals surface area contributed by atoms with Gasteiger partial charge in [-0.25, -0.2) is 9.97 Å². The lowest BCUT2D eigenvalue weighted by atomic mass is 9.99. The summed E-state index contributed by atoms with van der Waals surface area (Å²) in [5.74, 6) is -5.63. The molecule has 0 bridgehead atoms. The van der Waals surface area contributed by atoms with Crippen molar-refractivity contribution in [3.8, 4) is 0 Å². The minimum atomic E-state index is -1.32. The van der Waals surface area contributed by atoms with Gasteiger partial charge in [-0.15, -0.1) is 0 Å². The Morgan fingerprint density at radius 1 is 0.405 bits per heavy atom. The maximum absolute atomic E-state index is 14.3. The Kier molecular flexibility index (Phi) is 27.9. The van der Waals surface area contributed by atoms with E-state index in [9.17, 15) is 43.2 Å². The van der Waals surface area contributed by atoms with Crippen LogP contribution in [-0.2, 0) is 62.4 Å². The number of nitrogens with zero attached hydrogens (tertiary/aromatic N) is 2. The molecule has 0 spiro atoms. The van der Waals surface area contributed by atoms with Crippen LogP contribution in [0.3, 0.4) is 0 Å². The molecule has 0 saturated carbocycles. The quantitative estimate of drug-likeness (QED) is 0.0407. The second kappa shape index (κ2) is 33.3. The first-order valence-electron chi connectivity index (χ1n) is 27.7. The summed E-state index contributed by atoms with van der Waals surface area (Å²) >= 11 is 0. The lowest BCUT2D eigenvalue weighted by Crippen LogP contribution is -2.61. The third kappa shape index (κ3) is 24.6. The Labute approximate surface area is 465 Å². The number of benzene rings is 1. The minimum absolute atomic E-state index is 0.0119. The van der Waals surface area contributed by atoms with Crippen LogP contribution in [0.25, 0.3) is 0 Å². The molecule has 79 heavy (non-hydrogen) atoms. The third-order valence-corrected chi connectivity index (χ3v) is 12.7. The van der Waals surface area contributed by atoms with E-state index in [4.69, 9.17) is 5.73 Å². The molecule has 0 fully saturated rings. The maximum Gasteiger partial charge on any atom is 0.243 e. The van der Waals surface area contributed by atoms with E-state index >= 15 is 0 Å². The molecule has 0 aliphatic rings.